The molecule has 3 N–H and O–H groups in total. The van der Waals surface area contributed by atoms with Gasteiger partial charge in [-0.1, -0.05) is 17.7 Å². The Morgan fingerprint density at radius 2 is 1.85 bits per heavy atom. The zero-order chi connectivity index (χ0) is 14.9. The number of rotatable bonds is 2. The van der Waals surface area contributed by atoms with Crippen molar-refractivity contribution in [2.45, 2.75) is 6.92 Å². The van der Waals surface area contributed by atoms with Crippen LogP contribution in [-0.4, -0.2) is 5.91 Å². The first-order valence-corrected chi connectivity index (χ1v) is 7.67. The summed E-state index contributed by atoms with van der Waals surface area (Å²) in [6.07, 6.45) is 0. The van der Waals surface area contributed by atoms with Crippen LogP contribution in [0.15, 0.2) is 39.3 Å². The van der Waals surface area contributed by atoms with Crippen LogP contribution in [0.25, 0.3) is 0 Å². The van der Waals surface area contributed by atoms with Crippen LogP contribution in [0.2, 0.25) is 5.02 Å². The average Bonchev–Trinajstić information content (AvgIpc) is 2.36. The molecule has 0 aliphatic heterocycles. The van der Waals surface area contributed by atoms with Crippen molar-refractivity contribution >= 4 is 60.7 Å². The van der Waals surface area contributed by atoms with Gasteiger partial charge in [0.15, 0.2) is 0 Å². The van der Waals surface area contributed by atoms with E-state index in [4.69, 9.17) is 17.3 Å². The fraction of sp³-hybridized carbons (Fsp3) is 0.0714. The van der Waals surface area contributed by atoms with Crippen molar-refractivity contribution in [1.82, 2.24) is 0 Å². The van der Waals surface area contributed by atoms with Gasteiger partial charge in [0.05, 0.1) is 5.69 Å². The molecule has 0 spiro atoms. The molecular weight excluding hydrogens is 407 g/mol. The van der Waals surface area contributed by atoms with E-state index in [0.717, 1.165) is 5.56 Å². The minimum atomic E-state index is -0.226. The topological polar surface area (TPSA) is 55.1 Å². The molecule has 0 heterocycles. The summed E-state index contributed by atoms with van der Waals surface area (Å²) in [5.74, 6) is -0.226. The number of carbonyl (C=O) groups excluding carboxylic acids is 1. The van der Waals surface area contributed by atoms with E-state index in [-0.39, 0.29) is 5.91 Å². The number of halogens is 3. The molecule has 2 aromatic carbocycles. The third kappa shape index (κ3) is 3.16. The maximum Gasteiger partial charge on any atom is 0.256 e. The number of hydrogen-bond acceptors (Lipinski definition) is 2. The van der Waals surface area contributed by atoms with Crippen LogP contribution in [0.3, 0.4) is 0 Å². The molecule has 0 saturated carbocycles. The van der Waals surface area contributed by atoms with Gasteiger partial charge in [-0.05, 0) is 68.6 Å². The first-order valence-electron chi connectivity index (χ1n) is 5.71. The second kappa shape index (κ2) is 6.16. The minimum absolute atomic E-state index is 0.226. The molecule has 0 fully saturated rings. The molecule has 0 aliphatic rings. The predicted molar refractivity (Wildman–Crippen MR) is 90.4 cm³/mol. The fourth-order valence-corrected chi connectivity index (χ4v) is 3.34. The lowest BCUT2D eigenvalue weighted by Crippen LogP contribution is -2.14. The number of amides is 1. The summed E-state index contributed by atoms with van der Waals surface area (Å²) in [6, 6.07) is 8.69. The highest BCUT2D eigenvalue weighted by molar-refractivity contribution is 9.11. The van der Waals surface area contributed by atoms with Gasteiger partial charge in [-0.2, -0.15) is 0 Å². The summed E-state index contributed by atoms with van der Waals surface area (Å²) in [4.78, 5) is 12.3. The predicted octanol–water partition coefficient (Wildman–Crippen LogP) is 5.01. The monoisotopic (exact) mass is 416 g/mol. The number of nitrogen functional groups attached to an aromatic ring is 1. The van der Waals surface area contributed by atoms with Crippen molar-refractivity contribution in [3.63, 3.8) is 0 Å². The molecule has 0 unspecified atom stereocenters. The Kier molecular flexibility index (Phi) is 4.73. The number of nitrogens with one attached hydrogen (secondary N) is 1. The summed E-state index contributed by atoms with van der Waals surface area (Å²) in [5.41, 5.74) is 8.23. The summed E-state index contributed by atoms with van der Waals surface area (Å²) < 4.78 is 1.41. The van der Waals surface area contributed by atoms with Gasteiger partial charge >= 0.3 is 0 Å². The van der Waals surface area contributed by atoms with E-state index in [0.29, 0.717) is 30.9 Å². The second-order valence-electron chi connectivity index (χ2n) is 4.23. The SMILES string of the molecule is Cc1c(Cl)cccc1C(=O)Nc1c(Br)cc(N)cc1Br. The summed E-state index contributed by atoms with van der Waals surface area (Å²) in [6.45, 7) is 1.81. The largest absolute Gasteiger partial charge is 0.399 e. The lowest BCUT2D eigenvalue weighted by molar-refractivity contribution is 0.102. The molecule has 2 rings (SSSR count). The lowest BCUT2D eigenvalue weighted by atomic mass is 10.1. The smallest absolute Gasteiger partial charge is 0.256 e. The number of carbonyl (C=O) groups is 1. The molecule has 20 heavy (non-hydrogen) atoms. The molecule has 0 aliphatic carbocycles. The second-order valence-corrected chi connectivity index (χ2v) is 6.34. The van der Waals surface area contributed by atoms with Gasteiger partial charge in [0.25, 0.3) is 5.91 Å². The number of benzene rings is 2. The molecule has 6 heteroatoms. The van der Waals surface area contributed by atoms with Gasteiger partial charge in [-0.25, -0.2) is 0 Å². The molecule has 104 valence electrons. The highest BCUT2D eigenvalue weighted by atomic mass is 79.9. The van der Waals surface area contributed by atoms with Crippen LogP contribution in [0.4, 0.5) is 11.4 Å². The van der Waals surface area contributed by atoms with Crippen LogP contribution < -0.4 is 11.1 Å². The first-order chi connectivity index (χ1) is 9.40. The Morgan fingerprint density at radius 3 is 2.45 bits per heavy atom. The van der Waals surface area contributed by atoms with Gasteiger partial charge in [-0.15, -0.1) is 0 Å². The molecule has 1 amide bonds. The molecule has 0 aromatic heterocycles. The lowest BCUT2D eigenvalue weighted by Gasteiger charge is -2.12. The van der Waals surface area contributed by atoms with Crippen molar-refractivity contribution in [2.75, 3.05) is 11.1 Å². The normalized spacial score (nSPS) is 10.4. The summed E-state index contributed by atoms with van der Waals surface area (Å²) >= 11 is 12.8. The van der Waals surface area contributed by atoms with Crippen molar-refractivity contribution in [1.29, 1.82) is 0 Å². The zero-order valence-corrected chi connectivity index (χ0v) is 14.4. The maximum atomic E-state index is 12.3. The molecule has 2 aromatic rings. The van der Waals surface area contributed by atoms with Crippen molar-refractivity contribution in [2.24, 2.45) is 0 Å². The first kappa shape index (κ1) is 15.4. The highest BCUT2D eigenvalue weighted by Gasteiger charge is 2.14. The van der Waals surface area contributed by atoms with Gasteiger partial charge in [0.2, 0.25) is 0 Å². The standard InChI is InChI=1S/C14H11Br2ClN2O/c1-7-9(3-2-4-12(7)17)14(20)19-13-10(15)5-8(18)6-11(13)16/h2-6H,18H2,1H3,(H,19,20). The molecule has 0 atom stereocenters. The van der Waals surface area contributed by atoms with Crippen molar-refractivity contribution in [3.05, 3.63) is 55.4 Å². The van der Waals surface area contributed by atoms with E-state index >= 15 is 0 Å². The Hall–Kier alpha value is -1.04. The summed E-state index contributed by atoms with van der Waals surface area (Å²) in [7, 11) is 0. The third-order valence-corrected chi connectivity index (χ3v) is 4.48. The summed E-state index contributed by atoms with van der Waals surface area (Å²) in [5, 5.41) is 3.41. The Labute approximate surface area is 138 Å². The van der Waals surface area contributed by atoms with E-state index in [1.165, 1.54) is 0 Å². The third-order valence-electron chi connectivity index (χ3n) is 2.82. The van der Waals surface area contributed by atoms with E-state index in [1.54, 1.807) is 30.3 Å². The van der Waals surface area contributed by atoms with E-state index in [9.17, 15) is 4.79 Å². The minimum Gasteiger partial charge on any atom is -0.399 e. The number of anilines is 2. The van der Waals surface area contributed by atoms with Crippen molar-refractivity contribution in [3.8, 4) is 0 Å². The van der Waals surface area contributed by atoms with E-state index in [1.807, 2.05) is 6.92 Å². The van der Waals surface area contributed by atoms with Gasteiger partial charge < -0.3 is 11.1 Å². The molecule has 0 bridgehead atoms. The van der Waals surface area contributed by atoms with E-state index < -0.39 is 0 Å². The van der Waals surface area contributed by atoms with Crippen LogP contribution in [0.5, 0.6) is 0 Å². The molecule has 0 radical (unpaired) electrons. The number of nitrogens with two attached hydrogens (primary N) is 1. The fourth-order valence-electron chi connectivity index (χ4n) is 1.75. The average molecular weight is 419 g/mol. The van der Waals surface area contributed by atoms with E-state index in [2.05, 4.69) is 37.2 Å². The van der Waals surface area contributed by atoms with Gasteiger partial charge in [-0.3, -0.25) is 4.79 Å². The van der Waals surface area contributed by atoms with Crippen LogP contribution in [-0.2, 0) is 0 Å². The van der Waals surface area contributed by atoms with Crippen LogP contribution in [0, 0.1) is 6.92 Å². The molecule has 0 saturated heterocycles. The highest BCUT2D eigenvalue weighted by Crippen LogP contribution is 2.34. The Balaban J connectivity index is 2.36. The maximum absolute atomic E-state index is 12.3. The van der Waals surface area contributed by atoms with Gasteiger partial charge in [0.1, 0.15) is 0 Å². The number of hydrogen-bond donors (Lipinski definition) is 2. The molecular formula is C14H11Br2ClN2O. The van der Waals surface area contributed by atoms with Crippen LogP contribution >= 0.6 is 43.5 Å². The Morgan fingerprint density at radius 1 is 1.25 bits per heavy atom. The van der Waals surface area contributed by atoms with Gasteiger partial charge in [0, 0.05) is 25.2 Å². The quantitative estimate of drug-likeness (QED) is 0.674. The zero-order valence-electron chi connectivity index (χ0n) is 10.5. The van der Waals surface area contributed by atoms with Crippen LogP contribution in [0.1, 0.15) is 15.9 Å². The van der Waals surface area contributed by atoms with Crippen molar-refractivity contribution < 1.29 is 4.79 Å². The Bertz CT molecular complexity index is 666. The molecule has 3 nitrogen and oxygen atoms in total.